The van der Waals surface area contributed by atoms with Gasteiger partial charge in [-0.3, -0.25) is 53.4 Å². The first kappa shape index (κ1) is 75.2. The number of fused-ring (bicyclic) bond motifs is 4. The minimum Gasteiger partial charge on any atom is -0.481 e. The zero-order valence-electron chi connectivity index (χ0n) is 58.6. The van der Waals surface area contributed by atoms with Gasteiger partial charge in [-0.1, -0.05) is 88.6 Å². The molecule has 0 radical (unpaired) electrons. The van der Waals surface area contributed by atoms with E-state index in [1.807, 2.05) is 35.9 Å². The van der Waals surface area contributed by atoms with Crippen LogP contribution in [-0.4, -0.2) is 155 Å². The number of ether oxygens (including phenoxy) is 2. The first-order chi connectivity index (χ1) is 49.3. The molecule has 3 aliphatic rings. The van der Waals surface area contributed by atoms with Crippen molar-refractivity contribution in [3.63, 3.8) is 0 Å². The summed E-state index contributed by atoms with van der Waals surface area (Å²) in [4.78, 5) is 145. The Morgan fingerprint density at radius 3 is 2.31 bits per heavy atom. The van der Waals surface area contributed by atoms with Gasteiger partial charge in [-0.2, -0.15) is 5.10 Å². The SMILES string of the molecule is CCCC1(OCCN(CCC(=O)O)C(=O)OCc2ccc(NC(=O)[C@H](CCCNC(N)=O)NC(=O)[C@@H](NC(=O)CCCCCN3C(=O)C=CC3=O)C(C)C)cc2)CC2(C)CCCC(Cn3ncc(-c4ccc(-c5ccc6nccc(C(=O)Nc7nc8ccccc8s7)c6c5)nc4C(=O)O)c3C)(C2)C1. The number of para-hydroxylation sites is 1. The molecule has 10 rings (SSSR count). The number of carbonyl (C=O) groups excluding carboxylic acids is 8. The van der Waals surface area contributed by atoms with E-state index >= 15 is 0 Å². The van der Waals surface area contributed by atoms with Gasteiger partial charge in [-0.05, 0) is 148 Å². The number of hydrogen-bond donors (Lipinski definition) is 8. The minimum absolute atomic E-state index is 0.0440. The van der Waals surface area contributed by atoms with Crippen LogP contribution < -0.4 is 32.3 Å². The van der Waals surface area contributed by atoms with Crippen molar-refractivity contribution in [3.05, 3.63) is 132 Å². The Hall–Kier alpha value is -10.5. The average Bonchev–Trinajstić information content (AvgIpc) is 1.42. The normalized spacial score (nSPS) is 18.3. The third-order valence-electron chi connectivity index (χ3n) is 19.5. The van der Waals surface area contributed by atoms with Crippen LogP contribution in [0.4, 0.5) is 20.4 Å². The van der Waals surface area contributed by atoms with Gasteiger partial charge in [0, 0.05) is 91.0 Å². The summed E-state index contributed by atoms with van der Waals surface area (Å²) in [7, 11) is 0. The van der Waals surface area contributed by atoms with Crippen LogP contribution in [0.2, 0.25) is 0 Å². The number of carboxylic acid groups (broad SMARTS) is 2. The Bertz CT molecular complexity index is 4310. The number of carbonyl (C=O) groups is 10. The van der Waals surface area contributed by atoms with Gasteiger partial charge in [-0.25, -0.2) is 24.4 Å². The van der Waals surface area contributed by atoms with Crippen molar-refractivity contribution in [1.29, 1.82) is 0 Å². The molecule has 9 amide bonds. The highest BCUT2D eigenvalue weighted by atomic mass is 32.1. The van der Waals surface area contributed by atoms with Crippen LogP contribution in [0.25, 0.3) is 43.5 Å². The molecular weight excluding hydrogens is 1340 g/mol. The number of imide groups is 1. The van der Waals surface area contributed by atoms with E-state index in [1.165, 1.54) is 28.4 Å². The van der Waals surface area contributed by atoms with Crippen molar-refractivity contribution < 1.29 is 67.6 Å². The first-order valence-electron chi connectivity index (χ1n) is 35.0. The van der Waals surface area contributed by atoms with E-state index in [9.17, 15) is 58.2 Å². The molecule has 2 aliphatic carbocycles. The summed E-state index contributed by atoms with van der Waals surface area (Å²) < 4.78 is 15.7. The maximum atomic E-state index is 13.9. The van der Waals surface area contributed by atoms with Crippen LogP contribution in [0.15, 0.2) is 109 Å². The van der Waals surface area contributed by atoms with E-state index in [4.69, 9.17) is 25.3 Å². The van der Waals surface area contributed by atoms with Crippen molar-refractivity contribution in [3.8, 4) is 22.4 Å². The fourth-order valence-corrected chi connectivity index (χ4v) is 15.7. The zero-order chi connectivity index (χ0) is 73.6. The van der Waals surface area contributed by atoms with Crippen molar-refractivity contribution >= 4 is 103 Å². The Balaban J connectivity index is 0.756. The molecule has 0 saturated heterocycles. The van der Waals surface area contributed by atoms with Crippen LogP contribution >= 0.6 is 11.3 Å². The number of pyridine rings is 2. The second-order valence-corrected chi connectivity index (χ2v) is 28.9. The molecule has 103 heavy (non-hydrogen) atoms. The molecule has 2 fully saturated rings. The van der Waals surface area contributed by atoms with Gasteiger partial charge in [0.25, 0.3) is 17.7 Å². The highest BCUT2D eigenvalue weighted by molar-refractivity contribution is 7.22. The number of anilines is 2. The van der Waals surface area contributed by atoms with Crippen molar-refractivity contribution in [1.82, 2.24) is 50.5 Å². The molecule has 4 aromatic heterocycles. The molecule has 2 saturated carbocycles. The van der Waals surface area contributed by atoms with Gasteiger partial charge in [0.2, 0.25) is 17.7 Å². The highest BCUT2D eigenvalue weighted by Crippen LogP contribution is 2.61. The largest absolute Gasteiger partial charge is 0.481 e. The summed E-state index contributed by atoms with van der Waals surface area (Å²) in [6, 6.07) is 21.7. The number of aromatic carboxylic acids is 1. The summed E-state index contributed by atoms with van der Waals surface area (Å²) in [5.74, 6) is -5.37. The van der Waals surface area contributed by atoms with Gasteiger partial charge >= 0.3 is 24.1 Å². The topological polar surface area (TPSA) is 379 Å². The van der Waals surface area contributed by atoms with Crippen LogP contribution in [0.1, 0.15) is 156 Å². The molecule has 3 unspecified atom stereocenters. The third-order valence-corrected chi connectivity index (χ3v) is 20.4. The molecule has 7 aromatic rings. The summed E-state index contributed by atoms with van der Waals surface area (Å²) in [5, 5.41) is 40.2. The van der Waals surface area contributed by atoms with Gasteiger partial charge in [0.15, 0.2) is 10.8 Å². The van der Waals surface area contributed by atoms with Crippen LogP contribution in [0.3, 0.4) is 0 Å². The summed E-state index contributed by atoms with van der Waals surface area (Å²) in [6.45, 7) is 10.6. The Kier molecular flexibility index (Phi) is 24.5. The molecule has 5 heterocycles. The second kappa shape index (κ2) is 33.5. The Labute approximate surface area is 600 Å². The number of thiazole rings is 1. The molecule has 9 N–H and O–H groups in total. The lowest BCUT2D eigenvalue weighted by Gasteiger charge is -2.58. The standard InChI is InChI=1S/C75H89N13O14S/c1-6-30-75(102-38-37-86(36-29-63(92)93)72(100)101-41-48-18-21-50(22-19-48)80-67(95)58(15-12-33-78-70(76)99)82-68(96)64(46(2)3)84-60(89)17-8-7-11-35-87-61(90)26-27-62(87)91)43-73(5)31-13-32-74(42-73,44-75)45-88-47(4)54(40-79-88)51-23-25-55(81-65(51)69(97)98)49-20-24-56-53(39-49)52(28-34-77-56)66(94)85-71-83-57-14-9-10-16-59(57)103-71/h9-10,14,16,18-28,34,39-40,46,58,64H,6-8,11-13,15,17,29-33,35-38,41-45H2,1-5H3,(H,80,95)(H,82,96)(H,84,89)(H,92,93)(H,97,98)(H3,76,78,99)(H,83,85,94)/t58-,64-,73?,74?,75?/m0/s1. The first-order valence-corrected chi connectivity index (χ1v) is 35.8. The lowest BCUT2D eigenvalue weighted by atomic mass is 9.51. The zero-order valence-corrected chi connectivity index (χ0v) is 59.4. The molecule has 3 aromatic carbocycles. The van der Waals surface area contributed by atoms with Crippen molar-refractivity contribution in [2.24, 2.45) is 22.5 Å². The number of rotatable bonds is 34. The van der Waals surface area contributed by atoms with E-state index in [0.717, 1.165) is 65.8 Å². The number of primary amides is 1. The number of benzene rings is 3. The Morgan fingerprint density at radius 1 is 0.806 bits per heavy atom. The number of urea groups is 1. The smallest absolute Gasteiger partial charge is 0.410 e. The fourth-order valence-electron chi connectivity index (χ4n) is 14.8. The van der Waals surface area contributed by atoms with Gasteiger partial charge in [0.05, 0.1) is 51.8 Å². The predicted molar refractivity (Wildman–Crippen MR) is 386 cm³/mol. The lowest BCUT2D eigenvalue weighted by Crippen LogP contribution is -2.54. The van der Waals surface area contributed by atoms with E-state index in [2.05, 4.69) is 50.4 Å². The quantitative estimate of drug-likeness (QED) is 0.0137. The fraction of sp³-hybridized carbons (Fsp3) is 0.440. The van der Waals surface area contributed by atoms with Crippen molar-refractivity contribution in [2.75, 3.05) is 43.4 Å². The van der Waals surface area contributed by atoms with Crippen molar-refractivity contribution in [2.45, 2.75) is 162 Å². The molecule has 0 spiro atoms. The van der Waals surface area contributed by atoms with E-state index in [1.54, 1.807) is 86.9 Å². The lowest BCUT2D eigenvalue weighted by molar-refractivity contribution is -0.168. The molecule has 544 valence electrons. The molecule has 5 atom stereocenters. The predicted octanol–water partition coefficient (Wildman–Crippen LogP) is 10.6. The van der Waals surface area contributed by atoms with E-state index in [0.29, 0.717) is 87.5 Å². The second-order valence-electron chi connectivity index (χ2n) is 27.8. The highest BCUT2D eigenvalue weighted by Gasteiger charge is 2.55. The van der Waals surface area contributed by atoms with Gasteiger partial charge < -0.3 is 51.6 Å². The number of nitrogens with one attached hydrogen (secondary N) is 5. The van der Waals surface area contributed by atoms with E-state index < -0.39 is 53.6 Å². The molecule has 2 bridgehead atoms. The number of aliphatic carboxylic acids is 1. The summed E-state index contributed by atoms with van der Waals surface area (Å²) in [5.41, 5.74) is 9.52. The number of carboxylic acids is 2. The maximum Gasteiger partial charge on any atom is 0.410 e. The molecule has 27 nitrogen and oxygen atoms in total. The number of unbranched alkanes of at least 4 members (excludes halogenated alkanes) is 2. The third kappa shape index (κ3) is 19.2. The number of aromatic nitrogens is 5. The number of nitrogens with two attached hydrogens (primary N) is 1. The van der Waals surface area contributed by atoms with E-state index in [-0.39, 0.29) is 111 Å². The monoisotopic (exact) mass is 1430 g/mol. The van der Waals surface area contributed by atoms with Gasteiger partial charge in [0.1, 0.15) is 18.7 Å². The van der Waals surface area contributed by atoms with Crippen LogP contribution in [0.5, 0.6) is 0 Å². The summed E-state index contributed by atoms with van der Waals surface area (Å²) in [6.07, 6.45) is 13.4. The van der Waals surface area contributed by atoms with Crippen LogP contribution in [0, 0.1) is 23.7 Å². The number of hydrogen-bond acceptors (Lipinski definition) is 17. The Morgan fingerprint density at radius 2 is 1.58 bits per heavy atom. The summed E-state index contributed by atoms with van der Waals surface area (Å²) >= 11 is 1.37. The average molecular weight is 1430 g/mol. The number of amides is 9. The number of nitrogens with zero attached hydrogens (tertiary/aromatic N) is 7. The minimum atomic E-state index is -1.22. The molecule has 28 heteroatoms. The molecule has 1 aliphatic heterocycles. The van der Waals surface area contributed by atoms with Crippen LogP contribution in [-0.2, 0) is 51.4 Å². The van der Waals surface area contributed by atoms with Gasteiger partial charge in [-0.15, -0.1) is 0 Å². The maximum absolute atomic E-state index is 13.9. The molecular formula is C75H89N13O14S.